The Bertz CT molecular complexity index is 3390. The first-order valence-electron chi connectivity index (χ1n) is 20.1. The minimum Gasteiger partial charge on any atom is -0.0616 e. The lowest BCUT2D eigenvalue weighted by Crippen LogP contribution is -1.90. The molecule has 0 heterocycles. The van der Waals surface area contributed by atoms with Crippen molar-refractivity contribution in [3.63, 3.8) is 0 Å². The molecule has 12 rings (SSSR count). The molecule has 0 spiro atoms. The molecule has 0 unspecified atom stereocenters. The van der Waals surface area contributed by atoms with Crippen molar-refractivity contribution in [3.8, 4) is 44.5 Å². The predicted octanol–water partition coefficient (Wildman–Crippen LogP) is 16.4. The van der Waals surface area contributed by atoms with Crippen molar-refractivity contribution in [2.24, 2.45) is 0 Å². The van der Waals surface area contributed by atoms with Crippen molar-refractivity contribution in [2.75, 3.05) is 0 Å². The second kappa shape index (κ2) is 13.0. The minimum absolute atomic E-state index is 1.22. The van der Waals surface area contributed by atoms with E-state index in [9.17, 15) is 0 Å². The van der Waals surface area contributed by atoms with Crippen LogP contribution in [0.1, 0.15) is 0 Å². The van der Waals surface area contributed by atoms with E-state index in [1.807, 2.05) is 0 Å². The van der Waals surface area contributed by atoms with Crippen molar-refractivity contribution in [1.29, 1.82) is 0 Å². The van der Waals surface area contributed by atoms with Crippen molar-refractivity contribution < 1.29 is 0 Å². The first-order valence-corrected chi connectivity index (χ1v) is 20.1. The molecule has 0 bridgehead atoms. The van der Waals surface area contributed by atoms with E-state index < -0.39 is 0 Å². The van der Waals surface area contributed by atoms with Crippen molar-refractivity contribution in [2.45, 2.75) is 0 Å². The lowest BCUT2D eigenvalue weighted by Gasteiger charge is -2.17. The number of fused-ring (bicyclic) bond motifs is 9. The highest BCUT2D eigenvalue weighted by Gasteiger charge is 2.16. The summed E-state index contributed by atoms with van der Waals surface area (Å²) < 4.78 is 0. The topological polar surface area (TPSA) is 0 Å². The number of benzene rings is 12. The zero-order valence-electron chi connectivity index (χ0n) is 31.8. The van der Waals surface area contributed by atoms with E-state index in [4.69, 9.17) is 0 Å². The summed E-state index contributed by atoms with van der Waals surface area (Å²) in [5.74, 6) is 0. The minimum atomic E-state index is 1.22. The summed E-state index contributed by atoms with van der Waals surface area (Å²) in [6.07, 6.45) is 0. The third-order valence-corrected chi connectivity index (χ3v) is 12.3. The molecule has 268 valence electrons. The highest BCUT2D eigenvalue weighted by atomic mass is 14.2. The summed E-state index contributed by atoms with van der Waals surface area (Å²) in [5, 5.41) is 17.7. The van der Waals surface area contributed by atoms with Crippen LogP contribution in [0.4, 0.5) is 0 Å². The van der Waals surface area contributed by atoms with Crippen LogP contribution >= 0.6 is 0 Å². The van der Waals surface area contributed by atoms with Gasteiger partial charge in [-0.1, -0.05) is 170 Å². The quantitative estimate of drug-likeness (QED) is 0.158. The van der Waals surface area contributed by atoms with Crippen molar-refractivity contribution >= 4 is 75.4 Å². The molecule has 12 aromatic rings. The van der Waals surface area contributed by atoms with Gasteiger partial charge >= 0.3 is 0 Å². The summed E-state index contributed by atoms with van der Waals surface area (Å²) in [7, 11) is 0. The Morgan fingerprint density at radius 2 is 0.466 bits per heavy atom. The second-order valence-corrected chi connectivity index (χ2v) is 15.7. The molecule has 0 atom stereocenters. The Kier molecular flexibility index (Phi) is 7.33. The highest BCUT2D eigenvalue weighted by Crippen LogP contribution is 2.43. The Labute approximate surface area is 336 Å². The molecule has 0 N–H and O–H groups in total. The first kappa shape index (κ1) is 32.7. The second-order valence-electron chi connectivity index (χ2n) is 15.7. The van der Waals surface area contributed by atoms with Gasteiger partial charge < -0.3 is 0 Å². The normalized spacial score (nSPS) is 11.8. The SMILES string of the molecule is c1ccc2cc(-c3ccc4ccc(-c5cc6cc(-c7ccc8ccc(-c9ccc%10ccccc%10c9)cc8c7)c7ccccc7c6c6ccccc56)cc4c3)ccc2c1. The van der Waals surface area contributed by atoms with E-state index in [1.165, 1.54) is 120 Å². The van der Waals surface area contributed by atoms with Crippen LogP contribution in [-0.2, 0) is 0 Å². The Hall–Kier alpha value is -7.54. The van der Waals surface area contributed by atoms with E-state index in [-0.39, 0.29) is 0 Å². The molecule has 0 fully saturated rings. The molecule has 0 saturated heterocycles. The average molecular weight is 733 g/mol. The molecule has 0 nitrogen and oxygen atoms in total. The lowest BCUT2D eigenvalue weighted by atomic mass is 9.87. The molecule has 0 heteroatoms. The molecule has 0 radical (unpaired) electrons. The number of hydrogen-bond acceptors (Lipinski definition) is 0. The maximum Gasteiger partial charge on any atom is -0.00259 e. The molecule has 0 aliphatic heterocycles. The van der Waals surface area contributed by atoms with Gasteiger partial charge in [-0.3, -0.25) is 0 Å². The lowest BCUT2D eigenvalue weighted by molar-refractivity contribution is 1.66. The van der Waals surface area contributed by atoms with Gasteiger partial charge in [0.25, 0.3) is 0 Å². The van der Waals surface area contributed by atoms with Gasteiger partial charge in [-0.25, -0.2) is 0 Å². The van der Waals surface area contributed by atoms with Crippen LogP contribution in [0, 0.1) is 0 Å². The molecule has 58 heavy (non-hydrogen) atoms. The average Bonchev–Trinajstić information content (AvgIpc) is 3.29. The molecule has 0 aliphatic rings. The third-order valence-electron chi connectivity index (χ3n) is 12.3. The molecule has 0 aromatic heterocycles. The van der Waals surface area contributed by atoms with Crippen LogP contribution in [0.25, 0.3) is 120 Å². The van der Waals surface area contributed by atoms with Gasteiger partial charge in [0.05, 0.1) is 0 Å². The van der Waals surface area contributed by atoms with Gasteiger partial charge in [0, 0.05) is 0 Å². The fourth-order valence-corrected chi connectivity index (χ4v) is 9.38. The Morgan fingerprint density at radius 1 is 0.172 bits per heavy atom. The van der Waals surface area contributed by atoms with Crippen LogP contribution in [0.5, 0.6) is 0 Å². The summed E-state index contributed by atoms with van der Waals surface area (Å²) in [6.45, 7) is 0. The summed E-state index contributed by atoms with van der Waals surface area (Å²) >= 11 is 0. The first-order chi connectivity index (χ1) is 28.7. The van der Waals surface area contributed by atoms with E-state index in [1.54, 1.807) is 0 Å². The Morgan fingerprint density at radius 3 is 0.879 bits per heavy atom. The summed E-state index contributed by atoms with van der Waals surface area (Å²) in [5.41, 5.74) is 9.89. The zero-order valence-corrected chi connectivity index (χ0v) is 31.8. The molecule has 12 aromatic carbocycles. The van der Waals surface area contributed by atoms with E-state index in [0.717, 1.165) is 0 Å². The van der Waals surface area contributed by atoms with E-state index >= 15 is 0 Å². The molecule has 0 saturated carbocycles. The highest BCUT2D eigenvalue weighted by molar-refractivity contribution is 6.26. The predicted molar refractivity (Wildman–Crippen MR) is 251 cm³/mol. The van der Waals surface area contributed by atoms with Gasteiger partial charge in [-0.05, 0) is 168 Å². The van der Waals surface area contributed by atoms with Gasteiger partial charge in [0.2, 0.25) is 0 Å². The molecular formula is C58H36. The zero-order chi connectivity index (χ0) is 38.2. The smallest absolute Gasteiger partial charge is 0.00259 e. The van der Waals surface area contributed by atoms with Gasteiger partial charge in [-0.2, -0.15) is 0 Å². The maximum atomic E-state index is 2.43. The van der Waals surface area contributed by atoms with Crippen LogP contribution in [-0.4, -0.2) is 0 Å². The number of rotatable bonds is 4. The molecular weight excluding hydrogens is 697 g/mol. The fourth-order valence-electron chi connectivity index (χ4n) is 9.38. The van der Waals surface area contributed by atoms with Gasteiger partial charge in [0.1, 0.15) is 0 Å². The standard InChI is InChI=1S/C58H36/c1-3-11-41-29-43(23-17-37(41)9-1)45-25-19-39-21-27-47(33-49(39)31-45)56-35-51-36-57(53-14-6-8-16-55(53)58(51)54-15-7-5-13-52(54)56)48-28-22-40-20-26-46(32-50(40)34-48)44-24-18-38-10-2-4-12-42(38)30-44/h1-36H. The van der Waals surface area contributed by atoms with Crippen LogP contribution < -0.4 is 0 Å². The molecule has 0 aliphatic carbocycles. The number of hydrogen-bond donors (Lipinski definition) is 0. The van der Waals surface area contributed by atoms with E-state index in [0.29, 0.717) is 0 Å². The largest absolute Gasteiger partial charge is 0.0616 e. The summed E-state index contributed by atoms with van der Waals surface area (Å²) in [6, 6.07) is 81.1. The van der Waals surface area contributed by atoms with Crippen LogP contribution in [0.3, 0.4) is 0 Å². The third kappa shape index (κ3) is 5.38. The van der Waals surface area contributed by atoms with Crippen molar-refractivity contribution in [3.05, 3.63) is 218 Å². The summed E-state index contributed by atoms with van der Waals surface area (Å²) in [4.78, 5) is 0. The van der Waals surface area contributed by atoms with Crippen LogP contribution in [0.15, 0.2) is 218 Å². The Balaban J connectivity index is 1.02. The van der Waals surface area contributed by atoms with E-state index in [2.05, 4.69) is 218 Å². The molecule has 0 amide bonds. The van der Waals surface area contributed by atoms with Gasteiger partial charge in [0.15, 0.2) is 0 Å². The monoisotopic (exact) mass is 732 g/mol. The van der Waals surface area contributed by atoms with Crippen LogP contribution in [0.2, 0.25) is 0 Å². The maximum absolute atomic E-state index is 2.43. The van der Waals surface area contributed by atoms with Gasteiger partial charge in [-0.15, -0.1) is 0 Å². The fraction of sp³-hybridized carbons (Fsp3) is 0. The van der Waals surface area contributed by atoms with Crippen molar-refractivity contribution in [1.82, 2.24) is 0 Å².